The molecule has 3 atom stereocenters. The molecule has 0 aromatic carbocycles. The SMILES string of the molecule is C=CC(=O)OC(C)OC(=O)NC(O)C(O)CO. The molecule has 0 saturated carbocycles. The van der Waals surface area contributed by atoms with Crippen LogP contribution in [0.25, 0.3) is 0 Å². The highest BCUT2D eigenvalue weighted by Crippen LogP contribution is 1.97. The molecule has 8 nitrogen and oxygen atoms in total. The van der Waals surface area contributed by atoms with Gasteiger partial charge in [0.25, 0.3) is 0 Å². The van der Waals surface area contributed by atoms with Gasteiger partial charge >= 0.3 is 12.1 Å². The third kappa shape index (κ3) is 6.51. The van der Waals surface area contributed by atoms with Gasteiger partial charge in [0, 0.05) is 13.0 Å². The summed E-state index contributed by atoms with van der Waals surface area (Å²) in [5, 5.41) is 28.3. The zero-order chi connectivity index (χ0) is 13.4. The zero-order valence-electron chi connectivity index (χ0n) is 9.20. The maximum absolute atomic E-state index is 11.1. The largest absolute Gasteiger partial charge is 0.422 e. The van der Waals surface area contributed by atoms with Gasteiger partial charge in [0.15, 0.2) is 6.23 Å². The quantitative estimate of drug-likeness (QED) is 0.255. The van der Waals surface area contributed by atoms with Crippen LogP contribution in [0.1, 0.15) is 6.92 Å². The van der Waals surface area contributed by atoms with E-state index in [1.54, 1.807) is 0 Å². The minimum atomic E-state index is -1.69. The van der Waals surface area contributed by atoms with Crippen molar-refractivity contribution in [3.63, 3.8) is 0 Å². The summed E-state index contributed by atoms with van der Waals surface area (Å²) in [6.45, 7) is 3.68. The summed E-state index contributed by atoms with van der Waals surface area (Å²) in [7, 11) is 0. The molecule has 0 rings (SSSR count). The van der Waals surface area contributed by atoms with Gasteiger partial charge in [0.05, 0.1) is 6.61 Å². The van der Waals surface area contributed by atoms with Crippen LogP contribution in [0.3, 0.4) is 0 Å². The van der Waals surface area contributed by atoms with Gasteiger partial charge in [-0.05, 0) is 0 Å². The predicted molar refractivity (Wildman–Crippen MR) is 54.5 cm³/mol. The summed E-state index contributed by atoms with van der Waals surface area (Å²) in [6.07, 6.45) is -4.63. The molecular weight excluding hydrogens is 234 g/mol. The van der Waals surface area contributed by atoms with Crippen LogP contribution in [-0.4, -0.2) is 52.6 Å². The van der Waals surface area contributed by atoms with Gasteiger partial charge in [-0.15, -0.1) is 0 Å². The fourth-order valence-electron chi connectivity index (χ4n) is 0.737. The van der Waals surface area contributed by atoms with E-state index in [-0.39, 0.29) is 0 Å². The van der Waals surface area contributed by atoms with E-state index in [2.05, 4.69) is 16.1 Å². The number of hydrogen-bond acceptors (Lipinski definition) is 7. The van der Waals surface area contributed by atoms with Gasteiger partial charge in [-0.3, -0.25) is 5.32 Å². The van der Waals surface area contributed by atoms with E-state index in [1.165, 1.54) is 6.92 Å². The highest BCUT2D eigenvalue weighted by molar-refractivity contribution is 5.81. The van der Waals surface area contributed by atoms with E-state index in [9.17, 15) is 9.59 Å². The van der Waals surface area contributed by atoms with E-state index in [0.717, 1.165) is 6.08 Å². The molecule has 0 aromatic rings. The minimum Gasteiger partial charge on any atom is -0.422 e. The predicted octanol–water partition coefficient (Wildman–Crippen LogP) is -1.54. The Hall–Kier alpha value is -1.64. The Morgan fingerprint density at radius 3 is 2.47 bits per heavy atom. The van der Waals surface area contributed by atoms with Crippen molar-refractivity contribution < 1.29 is 34.4 Å². The van der Waals surface area contributed by atoms with Crippen LogP contribution >= 0.6 is 0 Å². The van der Waals surface area contributed by atoms with Crippen LogP contribution in [0.15, 0.2) is 12.7 Å². The molecule has 0 saturated heterocycles. The summed E-state index contributed by atoms with van der Waals surface area (Å²) in [5.41, 5.74) is 0. The molecule has 1 amide bonds. The lowest BCUT2D eigenvalue weighted by molar-refractivity contribution is -0.159. The number of carbonyl (C=O) groups is 2. The molecule has 0 aliphatic rings. The number of esters is 1. The summed E-state index contributed by atoms with van der Waals surface area (Å²) in [5.74, 6) is -0.777. The summed E-state index contributed by atoms with van der Waals surface area (Å²) in [6, 6.07) is 0. The van der Waals surface area contributed by atoms with Crippen LogP contribution < -0.4 is 5.32 Å². The van der Waals surface area contributed by atoms with Crippen LogP contribution in [0.4, 0.5) is 4.79 Å². The van der Waals surface area contributed by atoms with Gasteiger partial charge in [-0.25, -0.2) is 9.59 Å². The molecule has 0 spiro atoms. The number of hydrogen-bond donors (Lipinski definition) is 4. The summed E-state index contributed by atoms with van der Waals surface area (Å²) < 4.78 is 9.00. The first-order valence-corrected chi connectivity index (χ1v) is 4.68. The van der Waals surface area contributed by atoms with Crippen molar-refractivity contribution in [1.82, 2.24) is 5.32 Å². The van der Waals surface area contributed by atoms with Crippen molar-refractivity contribution in [1.29, 1.82) is 0 Å². The Morgan fingerprint density at radius 1 is 1.41 bits per heavy atom. The first-order chi connectivity index (χ1) is 7.90. The van der Waals surface area contributed by atoms with E-state index >= 15 is 0 Å². The van der Waals surface area contributed by atoms with Crippen molar-refractivity contribution in [2.24, 2.45) is 0 Å². The molecule has 0 fully saturated rings. The molecule has 0 heterocycles. The minimum absolute atomic E-state index is 0.734. The Bertz CT molecular complexity index is 281. The highest BCUT2D eigenvalue weighted by atomic mass is 16.7. The molecule has 17 heavy (non-hydrogen) atoms. The smallest absolute Gasteiger partial charge is 0.412 e. The Labute approximate surface area is 97.5 Å². The molecule has 8 heteroatoms. The van der Waals surface area contributed by atoms with Crippen LogP contribution in [-0.2, 0) is 14.3 Å². The zero-order valence-corrected chi connectivity index (χ0v) is 9.20. The maximum atomic E-state index is 11.1. The molecule has 98 valence electrons. The van der Waals surface area contributed by atoms with Crippen molar-refractivity contribution in [2.75, 3.05) is 6.61 Å². The topological polar surface area (TPSA) is 125 Å². The fraction of sp³-hybridized carbons (Fsp3) is 0.556. The van der Waals surface area contributed by atoms with Gasteiger partial charge in [-0.1, -0.05) is 6.58 Å². The molecular formula is C9H15NO7. The van der Waals surface area contributed by atoms with E-state index in [4.69, 9.17) is 15.3 Å². The van der Waals surface area contributed by atoms with Crippen LogP contribution in [0.2, 0.25) is 0 Å². The number of aliphatic hydroxyl groups is 3. The van der Waals surface area contributed by atoms with Crippen molar-refractivity contribution in [3.05, 3.63) is 12.7 Å². The fourth-order valence-corrected chi connectivity index (χ4v) is 0.737. The van der Waals surface area contributed by atoms with E-state index < -0.39 is 37.3 Å². The molecule has 0 aliphatic carbocycles. The molecule has 3 unspecified atom stereocenters. The van der Waals surface area contributed by atoms with Gasteiger partial charge in [0.1, 0.15) is 6.10 Å². The van der Waals surface area contributed by atoms with Gasteiger partial charge in [-0.2, -0.15) is 0 Å². The Morgan fingerprint density at radius 2 is 2.00 bits per heavy atom. The second-order valence-corrected chi connectivity index (χ2v) is 2.95. The Kier molecular flexibility index (Phi) is 6.87. The monoisotopic (exact) mass is 249 g/mol. The molecule has 0 bridgehead atoms. The van der Waals surface area contributed by atoms with E-state index in [0.29, 0.717) is 0 Å². The third-order valence-corrected chi connectivity index (χ3v) is 1.54. The average Bonchev–Trinajstić information content (AvgIpc) is 2.26. The normalized spacial score (nSPS) is 15.3. The number of amides is 1. The second-order valence-electron chi connectivity index (χ2n) is 2.95. The number of rotatable bonds is 6. The maximum Gasteiger partial charge on any atom is 0.412 e. The van der Waals surface area contributed by atoms with Gasteiger partial charge in [0.2, 0.25) is 6.29 Å². The molecule has 0 radical (unpaired) electrons. The molecule has 0 aromatic heterocycles. The second kappa shape index (κ2) is 7.60. The van der Waals surface area contributed by atoms with Crippen molar-refractivity contribution >= 4 is 12.1 Å². The third-order valence-electron chi connectivity index (χ3n) is 1.54. The Balaban J connectivity index is 4.00. The number of ether oxygens (including phenoxy) is 2. The van der Waals surface area contributed by atoms with Crippen molar-refractivity contribution in [2.45, 2.75) is 25.5 Å². The number of nitrogens with one attached hydrogen (secondary N) is 1. The standard InChI is InChI=1S/C9H15NO7/c1-3-7(13)16-5(2)17-9(15)10-8(14)6(12)4-11/h3,5-6,8,11-12,14H,1,4H2,2H3,(H,10,15). The molecule has 0 aliphatic heterocycles. The average molecular weight is 249 g/mol. The highest BCUT2D eigenvalue weighted by Gasteiger charge is 2.20. The number of carbonyl (C=O) groups excluding carboxylic acids is 2. The lowest BCUT2D eigenvalue weighted by atomic mass is 10.3. The number of aliphatic hydroxyl groups excluding tert-OH is 3. The summed E-state index contributed by atoms with van der Waals surface area (Å²) >= 11 is 0. The lowest BCUT2D eigenvalue weighted by Crippen LogP contribution is -2.45. The summed E-state index contributed by atoms with van der Waals surface area (Å²) in [4.78, 5) is 21.8. The number of alkyl carbamates (subject to hydrolysis) is 1. The molecule has 4 N–H and O–H groups in total. The van der Waals surface area contributed by atoms with Crippen molar-refractivity contribution in [3.8, 4) is 0 Å². The van der Waals surface area contributed by atoms with E-state index in [1.807, 2.05) is 5.32 Å². The lowest BCUT2D eigenvalue weighted by Gasteiger charge is -2.18. The van der Waals surface area contributed by atoms with Crippen LogP contribution in [0.5, 0.6) is 0 Å². The first-order valence-electron chi connectivity index (χ1n) is 4.68. The first kappa shape index (κ1) is 15.4. The van der Waals surface area contributed by atoms with Gasteiger partial charge < -0.3 is 24.8 Å². The van der Waals surface area contributed by atoms with Crippen LogP contribution in [0, 0.1) is 0 Å².